The monoisotopic (exact) mass is 245 g/mol. The highest BCUT2D eigenvalue weighted by molar-refractivity contribution is 5.99. The molecule has 1 heterocycles. The van der Waals surface area contributed by atoms with Crippen LogP contribution >= 0.6 is 0 Å². The zero-order valence-corrected chi connectivity index (χ0v) is 11.8. The van der Waals surface area contributed by atoms with Crippen LogP contribution in [0.4, 0.5) is 0 Å². The summed E-state index contributed by atoms with van der Waals surface area (Å²) in [6, 6.07) is 2.78. The summed E-state index contributed by atoms with van der Waals surface area (Å²) < 4.78 is 2.49. The van der Waals surface area contributed by atoms with Crippen LogP contribution in [-0.2, 0) is 6.42 Å². The lowest BCUT2D eigenvalue weighted by Crippen LogP contribution is -2.28. The Kier molecular flexibility index (Phi) is 2.65. The largest absolute Gasteiger partial charge is 0.345 e. The second-order valence-electron chi connectivity index (χ2n) is 6.90. The summed E-state index contributed by atoms with van der Waals surface area (Å²) in [7, 11) is 0. The normalized spacial score (nSPS) is 23.4. The van der Waals surface area contributed by atoms with Gasteiger partial charge in [0, 0.05) is 29.4 Å². The molecule has 1 aromatic heterocycles. The number of ketones is 1. The van der Waals surface area contributed by atoms with E-state index >= 15 is 0 Å². The van der Waals surface area contributed by atoms with E-state index in [0.717, 1.165) is 12.0 Å². The van der Waals surface area contributed by atoms with E-state index in [0.29, 0.717) is 18.2 Å². The third-order valence-corrected chi connectivity index (χ3v) is 4.61. The SMILES string of the molecule is Cc1cc2c(n1C1CCCC1)CC(C)(C)CC2=O. The standard InChI is InChI=1S/C16H23NO/c1-11-8-13-14(9-16(2,3)10-15(13)18)17(11)12-6-4-5-7-12/h8,12H,4-7,9-10H2,1-3H3. The highest BCUT2D eigenvalue weighted by Crippen LogP contribution is 2.40. The molecule has 18 heavy (non-hydrogen) atoms. The van der Waals surface area contributed by atoms with E-state index in [1.54, 1.807) is 0 Å². The molecule has 3 rings (SSSR count). The molecular formula is C16H23NO. The van der Waals surface area contributed by atoms with Crippen LogP contribution in [0, 0.1) is 12.3 Å². The van der Waals surface area contributed by atoms with E-state index in [1.807, 2.05) is 0 Å². The zero-order valence-electron chi connectivity index (χ0n) is 11.8. The molecule has 0 bridgehead atoms. The molecule has 2 aliphatic carbocycles. The van der Waals surface area contributed by atoms with Crippen LogP contribution in [0.25, 0.3) is 0 Å². The number of carbonyl (C=O) groups is 1. The van der Waals surface area contributed by atoms with Crippen LogP contribution in [0.5, 0.6) is 0 Å². The number of rotatable bonds is 1. The minimum Gasteiger partial charge on any atom is -0.345 e. The Hall–Kier alpha value is -1.05. The van der Waals surface area contributed by atoms with Crippen LogP contribution in [-0.4, -0.2) is 10.4 Å². The Morgan fingerprint density at radius 2 is 1.89 bits per heavy atom. The van der Waals surface area contributed by atoms with Gasteiger partial charge in [-0.3, -0.25) is 4.79 Å². The first kappa shape index (κ1) is 12.0. The lowest BCUT2D eigenvalue weighted by Gasteiger charge is -2.31. The number of nitrogens with zero attached hydrogens (tertiary/aromatic N) is 1. The Balaban J connectivity index is 2.08. The minimum absolute atomic E-state index is 0.130. The molecule has 2 aliphatic rings. The van der Waals surface area contributed by atoms with E-state index in [2.05, 4.69) is 31.4 Å². The Bertz CT molecular complexity index is 489. The molecule has 1 fully saturated rings. The maximum atomic E-state index is 12.3. The number of aromatic nitrogens is 1. The van der Waals surface area contributed by atoms with Crippen molar-refractivity contribution in [3.8, 4) is 0 Å². The lowest BCUT2D eigenvalue weighted by atomic mass is 9.76. The van der Waals surface area contributed by atoms with Gasteiger partial charge in [0.25, 0.3) is 0 Å². The van der Waals surface area contributed by atoms with Crippen LogP contribution in [0.15, 0.2) is 6.07 Å². The number of Topliss-reactive ketones (excluding diaryl/α,β-unsaturated/α-hetero) is 1. The fraction of sp³-hybridized carbons (Fsp3) is 0.688. The second kappa shape index (κ2) is 3.97. The van der Waals surface area contributed by atoms with Gasteiger partial charge in [-0.15, -0.1) is 0 Å². The Morgan fingerprint density at radius 3 is 2.56 bits per heavy atom. The summed E-state index contributed by atoms with van der Waals surface area (Å²) in [5.74, 6) is 0.348. The van der Waals surface area contributed by atoms with E-state index in [1.165, 1.54) is 37.1 Å². The summed E-state index contributed by atoms with van der Waals surface area (Å²) in [4.78, 5) is 12.3. The van der Waals surface area contributed by atoms with Gasteiger partial charge in [0.05, 0.1) is 0 Å². The fourth-order valence-electron chi connectivity index (χ4n) is 3.84. The summed E-state index contributed by atoms with van der Waals surface area (Å²) in [5.41, 5.74) is 3.75. The van der Waals surface area contributed by atoms with Crippen LogP contribution < -0.4 is 0 Å². The fourth-order valence-corrected chi connectivity index (χ4v) is 3.84. The van der Waals surface area contributed by atoms with E-state index in [4.69, 9.17) is 0 Å². The van der Waals surface area contributed by atoms with Gasteiger partial charge in [0.2, 0.25) is 0 Å². The van der Waals surface area contributed by atoms with E-state index < -0.39 is 0 Å². The first-order chi connectivity index (χ1) is 8.48. The molecule has 0 spiro atoms. The quantitative estimate of drug-likeness (QED) is 0.731. The molecule has 98 valence electrons. The van der Waals surface area contributed by atoms with Crippen molar-refractivity contribution >= 4 is 5.78 Å². The average molecular weight is 245 g/mol. The molecule has 1 aromatic rings. The Morgan fingerprint density at radius 1 is 1.22 bits per heavy atom. The number of fused-ring (bicyclic) bond motifs is 1. The second-order valence-corrected chi connectivity index (χ2v) is 6.90. The molecule has 0 radical (unpaired) electrons. The summed E-state index contributed by atoms with van der Waals surface area (Å²) in [6.45, 7) is 6.60. The smallest absolute Gasteiger partial charge is 0.165 e. The zero-order chi connectivity index (χ0) is 12.9. The van der Waals surface area contributed by atoms with Gasteiger partial charge in [-0.1, -0.05) is 26.7 Å². The molecule has 0 aliphatic heterocycles. The number of aryl methyl sites for hydroxylation is 1. The van der Waals surface area contributed by atoms with Gasteiger partial charge >= 0.3 is 0 Å². The van der Waals surface area contributed by atoms with Crippen LogP contribution in [0.1, 0.15) is 73.7 Å². The molecule has 2 heteroatoms. The van der Waals surface area contributed by atoms with E-state index in [9.17, 15) is 4.79 Å². The molecule has 0 unspecified atom stereocenters. The summed E-state index contributed by atoms with van der Waals surface area (Å²) in [6.07, 6.45) is 7.02. The molecule has 2 nitrogen and oxygen atoms in total. The third kappa shape index (κ3) is 1.82. The highest BCUT2D eigenvalue weighted by Gasteiger charge is 2.35. The average Bonchev–Trinajstić information content (AvgIpc) is 2.83. The number of hydrogen-bond donors (Lipinski definition) is 0. The maximum absolute atomic E-state index is 12.3. The first-order valence-electron chi connectivity index (χ1n) is 7.22. The highest BCUT2D eigenvalue weighted by atomic mass is 16.1. The van der Waals surface area contributed by atoms with E-state index in [-0.39, 0.29) is 5.41 Å². The van der Waals surface area contributed by atoms with Crippen molar-refractivity contribution in [1.29, 1.82) is 0 Å². The number of carbonyl (C=O) groups excluding carboxylic acids is 1. The van der Waals surface area contributed by atoms with Gasteiger partial charge in [-0.2, -0.15) is 0 Å². The van der Waals surface area contributed by atoms with Crippen LogP contribution in [0.2, 0.25) is 0 Å². The topological polar surface area (TPSA) is 22.0 Å². The lowest BCUT2D eigenvalue weighted by molar-refractivity contribution is 0.0909. The van der Waals surface area contributed by atoms with Crippen molar-refractivity contribution in [2.45, 2.75) is 65.3 Å². The van der Waals surface area contributed by atoms with Gasteiger partial charge in [0.1, 0.15) is 0 Å². The molecule has 1 saturated carbocycles. The maximum Gasteiger partial charge on any atom is 0.165 e. The summed E-state index contributed by atoms with van der Waals surface area (Å²) in [5, 5.41) is 0. The predicted molar refractivity (Wildman–Crippen MR) is 73.1 cm³/mol. The van der Waals surface area contributed by atoms with Crippen molar-refractivity contribution in [3.63, 3.8) is 0 Å². The van der Waals surface area contributed by atoms with Gasteiger partial charge in [-0.05, 0) is 37.7 Å². The molecule has 0 amide bonds. The Labute approximate surface area is 109 Å². The third-order valence-electron chi connectivity index (χ3n) is 4.61. The van der Waals surface area contributed by atoms with Crippen molar-refractivity contribution in [1.82, 2.24) is 4.57 Å². The predicted octanol–water partition coefficient (Wildman–Crippen LogP) is 4.07. The van der Waals surface area contributed by atoms with Crippen molar-refractivity contribution in [2.24, 2.45) is 5.41 Å². The molecule has 0 saturated heterocycles. The van der Waals surface area contributed by atoms with Crippen molar-refractivity contribution in [3.05, 3.63) is 23.0 Å². The summed E-state index contributed by atoms with van der Waals surface area (Å²) >= 11 is 0. The van der Waals surface area contributed by atoms with Crippen molar-refractivity contribution < 1.29 is 4.79 Å². The first-order valence-corrected chi connectivity index (χ1v) is 7.22. The van der Waals surface area contributed by atoms with Gasteiger partial charge in [-0.25, -0.2) is 0 Å². The minimum atomic E-state index is 0.130. The molecule has 0 N–H and O–H groups in total. The van der Waals surface area contributed by atoms with Crippen molar-refractivity contribution in [2.75, 3.05) is 0 Å². The van der Waals surface area contributed by atoms with Crippen LogP contribution in [0.3, 0.4) is 0 Å². The molecule has 0 atom stereocenters. The van der Waals surface area contributed by atoms with Gasteiger partial charge in [0.15, 0.2) is 5.78 Å². The number of hydrogen-bond acceptors (Lipinski definition) is 1. The van der Waals surface area contributed by atoms with Gasteiger partial charge < -0.3 is 4.57 Å². The molecular weight excluding hydrogens is 222 g/mol. The molecule has 0 aromatic carbocycles.